The maximum Gasteiger partial charge on any atom is 0.315 e. The second-order valence-electron chi connectivity index (χ2n) is 5.38. The first-order valence-corrected chi connectivity index (χ1v) is 7.91. The Labute approximate surface area is 137 Å². The predicted octanol–water partition coefficient (Wildman–Crippen LogP) is 2.72. The number of carbonyl (C=O) groups is 1. The van der Waals surface area contributed by atoms with Crippen molar-refractivity contribution < 1.29 is 4.79 Å². The molecule has 2 rings (SSSR count). The van der Waals surface area contributed by atoms with Gasteiger partial charge in [0, 0.05) is 44.3 Å². The highest BCUT2D eigenvalue weighted by Crippen LogP contribution is 2.14. The van der Waals surface area contributed by atoms with Gasteiger partial charge in [-0.15, -0.1) is 0 Å². The molecule has 2 aromatic rings. The Morgan fingerprint density at radius 2 is 1.96 bits per heavy atom. The van der Waals surface area contributed by atoms with E-state index in [1.807, 2.05) is 12.1 Å². The molecule has 23 heavy (non-hydrogen) atoms. The molecule has 1 aromatic heterocycles. The molecule has 0 aliphatic heterocycles. The number of nitrogens with one attached hydrogen (secondary N) is 2. The summed E-state index contributed by atoms with van der Waals surface area (Å²) in [6.07, 6.45) is 3.44. The molecule has 1 aromatic carbocycles. The lowest BCUT2D eigenvalue weighted by Gasteiger charge is -2.23. The monoisotopic (exact) mass is 312 g/mol. The van der Waals surface area contributed by atoms with Crippen LogP contribution in [0.3, 0.4) is 0 Å². The standard InChI is InChI=1S/C18H24N4O/c1-3-22(17-6-4-5-15(2)13-17)12-11-20-18(23)21-14-16-7-9-19-10-8-16/h4-10,13H,3,11-12,14H2,1-2H3,(H2,20,21,23). The average Bonchev–Trinajstić information content (AvgIpc) is 2.58. The zero-order valence-corrected chi connectivity index (χ0v) is 13.7. The minimum Gasteiger partial charge on any atom is -0.370 e. The molecule has 122 valence electrons. The number of benzene rings is 1. The van der Waals surface area contributed by atoms with E-state index in [1.165, 1.54) is 11.3 Å². The fourth-order valence-corrected chi connectivity index (χ4v) is 2.34. The van der Waals surface area contributed by atoms with Gasteiger partial charge in [0.15, 0.2) is 0 Å². The van der Waals surface area contributed by atoms with E-state index in [0.29, 0.717) is 13.1 Å². The third kappa shape index (κ3) is 5.62. The van der Waals surface area contributed by atoms with Crippen molar-refractivity contribution >= 4 is 11.7 Å². The summed E-state index contributed by atoms with van der Waals surface area (Å²) in [6.45, 7) is 6.99. The van der Waals surface area contributed by atoms with E-state index in [4.69, 9.17) is 0 Å². The summed E-state index contributed by atoms with van der Waals surface area (Å²) >= 11 is 0. The van der Waals surface area contributed by atoms with Gasteiger partial charge in [0.05, 0.1) is 0 Å². The van der Waals surface area contributed by atoms with Crippen LogP contribution >= 0.6 is 0 Å². The molecule has 2 N–H and O–H groups in total. The lowest BCUT2D eigenvalue weighted by atomic mass is 10.2. The molecular weight excluding hydrogens is 288 g/mol. The average molecular weight is 312 g/mol. The normalized spacial score (nSPS) is 10.2. The molecule has 2 amide bonds. The van der Waals surface area contributed by atoms with Crippen LogP contribution in [0.2, 0.25) is 0 Å². The highest BCUT2D eigenvalue weighted by Gasteiger charge is 2.05. The number of aryl methyl sites for hydroxylation is 1. The van der Waals surface area contributed by atoms with Crippen molar-refractivity contribution in [3.8, 4) is 0 Å². The molecule has 5 nitrogen and oxygen atoms in total. The van der Waals surface area contributed by atoms with Gasteiger partial charge in [-0.1, -0.05) is 12.1 Å². The Morgan fingerprint density at radius 1 is 1.17 bits per heavy atom. The number of hydrogen-bond donors (Lipinski definition) is 2. The number of likely N-dealkylation sites (N-methyl/N-ethyl adjacent to an activating group) is 1. The number of anilines is 1. The lowest BCUT2D eigenvalue weighted by molar-refractivity contribution is 0.240. The van der Waals surface area contributed by atoms with Crippen LogP contribution in [0.1, 0.15) is 18.1 Å². The highest BCUT2D eigenvalue weighted by molar-refractivity contribution is 5.73. The first-order valence-electron chi connectivity index (χ1n) is 7.91. The van der Waals surface area contributed by atoms with Crippen LogP contribution < -0.4 is 15.5 Å². The summed E-state index contributed by atoms with van der Waals surface area (Å²) in [7, 11) is 0. The van der Waals surface area contributed by atoms with E-state index < -0.39 is 0 Å². The third-order valence-electron chi connectivity index (χ3n) is 3.62. The summed E-state index contributed by atoms with van der Waals surface area (Å²) in [5, 5.41) is 5.74. The van der Waals surface area contributed by atoms with E-state index in [2.05, 4.69) is 58.6 Å². The van der Waals surface area contributed by atoms with E-state index >= 15 is 0 Å². The van der Waals surface area contributed by atoms with Crippen LogP contribution in [0.4, 0.5) is 10.5 Å². The van der Waals surface area contributed by atoms with Gasteiger partial charge in [-0.25, -0.2) is 4.79 Å². The van der Waals surface area contributed by atoms with Crippen LogP contribution in [0.25, 0.3) is 0 Å². The number of aromatic nitrogens is 1. The van der Waals surface area contributed by atoms with Gasteiger partial charge in [-0.05, 0) is 49.2 Å². The van der Waals surface area contributed by atoms with Crippen molar-refractivity contribution in [2.75, 3.05) is 24.5 Å². The number of urea groups is 1. The van der Waals surface area contributed by atoms with E-state index in [1.54, 1.807) is 12.4 Å². The van der Waals surface area contributed by atoms with Crippen LogP contribution in [0.5, 0.6) is 0 Å². The molecule has 0 aliphatic carbocycles. The molecule has 0 fully saturated rings. The van der Waals surface area contributed by atoms with Gasteiger partial charge < -0.3 is 15.5 Å². The zero-order valence-electron chi connectivity index (χ0n) is 13.7. The van der Waals surface area contributed by atoms with Gasteiger partial charge in [-0.2, -0.15) is 0 Å². The Balaban J connectivity index is 1.73. The van der Waals surface area contributed by atoms with Crippen molar-refractivity contribution in [3.63, 3.8) is 0 Å². The van der Waals surface area contributed by atoms with Gasteiger partial charge in [0.1, 0.15) is 0 Å². The molecule has 0 atom stereocenters. The molecule has 0 aliphatic rings. The SMILES string of the molecule is CCN(CCNC(=O)NCc1ccncc1)c1cccc(C)c1. The van der Waals surface area contributed by atoms with Crippen LogP contribution in [-0.2, 0) is 6.54 Å². The van der Waals surface area contributed by atoms with Crippen molar-refractivity contribution in [2.45, 2.75) is 20.4 Å². The molecule has 0 spiro atoms. The van der Waals surface area contributed by atoms with E-state index in [-0.39, 0.29) is 6.03 Å². The highest BCUT2D eigenvalue weighted by atomic mass is 16.2. The van der Waals surface area contributed by atoms with Crippen LogP contribution in [0.15, 0.2) is 48.8 Å². The number of amides is 2. The summed E-state index contributed by atoms with van der Waals surface area (Å²) in [5.41, 5.74) is 3.46. The van der Waals surface area contributed by atoms with Gasteiger partial charge in [0.25, 0.3) is 0 Å². The number of rotatable bonds is 7. The van der Waals surface area contributed by atoms with E-state index in [0.717, 1.165) is 18.7 Å². The molecule has 0 bridgehead atoms. The quantitative estimate of drug-likeness (QED) is 0.826. The van der Waals surface area contributed by atoms with E-state index in [9.17, 15) is 4.79 Å². The van der Waals surface area contributed by atoms with Gasteiger partial charge in [-0.3, -0.25) is 4.98 Å². The molecule has 1 heterocycles. The molecular formula is C18H24N4O. The predicted molar refractivity (Wildman–Crippen MR) is 93.5 cm³/mol. The maximum atomic E-state index is 11.8. The first kappa shape index (κ1) is 16.8. The number of hydrogen-bond acceptors (Lipinski definition) is 3. The Kier molecular flexibility index (Phi) is 6.41. The Morgan fingerprint density at radius 3 is 2.65 bits per heavy atom. The largest absolute Gasteiger partial charge is 0.370 e. The Hall–Kier alpha value is -2.56. The molecule has 0 saturated heterocycles. The maximum absolute atomic E-state index is 11.8. The summed E-state index contributed by atoms with van der Waals surface area (Å²) in [6, 6.07) is 12.0. The second kappa shape index (κ2) is 8.78. The first-order chi connectivity index (χ1) is 11.2. The number of nitrogens with zero attached hydrogens (tertiary/aromatic N) is 2. The van der Waals surface area contributed by atoms with Crippen molar-refractivity contribution in [1.29, 1.82) is 0 Å². The smallest absolute Gasteiger partial charge is 0.315 e. The molecule has 0 radical (unpaired) electrons. The van der Waals surface area contributed by atoms with Gasteiger partial charge >= 0.3 is 6.03 Å². The lowest BCUT2D eigenvalue weighted by Crippen LogP contribution is -2.40. The van der Waals surface area contributed by atoms with Crippen LogP contribution in [0, 0.1) is 6.92 Å². The topological polar surface area (TPSA) is 57.3 Å². The number of carbonyl (C=O) groups excluding carboxylic acids is 1. The van der Waals surface area contributed by atoms with Crippen molar-refractivity contribution in [2.24, 2.45) is 0 Å². The minimum absolute atomic E-state index is 0.151. The molecule has 5 heteroatoms. The van der Waals surface area contributed by atoms with Crippen LogP contribution in [-0.4, -0.2) is 30.6 Å². The fraction of sp³-hybridized carbons (Fsp3) is 0.333. The van der Waals surface area contributed by atoms with Crippen molar-refractivity contribution in [1.82, 2.24) is 15.6 Å². The summed E-state index contributed by atoms with van der Waals surface area (Å²) in [4.78, 5) is 18.0. The van der Waals surface area contributed by atoms with Gasteiger partial charge in [0.2, 0.25) is 0 Å². The number of pyridine rings is 1. The molecule has 0 saturated carbocycles. The fourth-order valence-electron chi connectivity index (χ4n) is 2.34. The zero-order chi connectivity index (χ0) is 16.5. The summed E-state index contributed by atoms with van der Waals surface area (Å²) in [5.74, 6) is 0. The minimum atomic E-state index is -0.151. The van der Waals surface area contributed by atoms with Crippen molar-refractivity contribution in [3.05, 3.63) is 59.9 Å². The summed E-state index contributed by atoms with van der Waals surface area (Å²) < 4.78 is 0. The Bertz CT molecular complexity index is 615. The second-order valence-corrected chi connectivity index (χ2v) is 5.38. The third-order valence-corrected chi connectivity index (χ3v) is 3.62. The molecule has 0 unspecified atom stereocenters.